The molecule has 1 aliphatic carbocycles. The molecule has 0 aromatic carbocycles. The second-order valence-corrected chi connectivity index (χ2v) is 4.40. The number of carbonyl (C=O) groups excluding carboxylic acids is 1. The van der Waals surface area contributed by atoms with Crippen LogP contribution in [0.1, 0.15) is 13.3 Å². The molecular formula is C10H16O4. The number of aliphatic hydroxyl groups excluding tert-OH is 2. The van der Waals surface area contributed by atoms with Crippen LogP contribution in [0.3, 0.4) is 0 Å². The van der Waals surface area contributed by atoms with Crippen LogP contribution in [0.5, 0.6) is 0 Å². The predicted molar refractivity (Wildman–Crippen MR) is 48.3 cm³/mol. The minimum atomic E-state index is -0.480. The van der Waals surface area contributed by atoms with Crippen molar-refractivity contribution < 1.29 is 19.7 Å². The average molecular weight is 200 g/mol. The van der Waals surface area contributed by atoms with Crippen LogP contribution in [-0.2, 0) is 9.53 Å². The van der Waals surface area contributed by atoms with Crippen LogP contribution in [0.4, 0.5) is 0 Å². The van der Waals surface area contributed by atoms with E-state index in [1.807, 2.05) is 6.92 Å². The molecule has 2 rings (SSSR count). The van der Waals surface area contributed by atoms with E-state index in [1.165, 1.54) is 0 Å². The fourth-order valence-electron chi connectivity index (χ4n) is 2.80. The van der Waals surface area contributed by atoms with Crippen LogP contribution in [0, 0.1) is 23.7 Å². The Morgan fingerprint density at radius 1 is 1.50 bits per heavy atom. The van der Waals surface area contributed by atoms with Gasteiger partial charge in [0.15, 0.2) is 0 Å². The minimum Gasteiger partial charge on any atom is -0.465 e. The number of fused-ring (bicyclic) bond motifs is 1. The number of aliphatic hydroxyl groups is 2. The van der Waals surface area contributed by atoms with Gasteiger partial charge in [-0.25, -0.2) is 0 Å². The molecule has 0 amide bonds. The Morgan fingerprint density at radius 3 is 2.86 bits per heavy atom. The third-order valence-electron chi connectivity index (χ3n) is 3.75. The van der Waals surface area contributed by atoms with E-state index in [0.29, 0.717) is 13.0 Å². The molecule has 0 aromatic heterocycles. The summed E-state index contributed by atoms with van der Waals surface area (Å²) in [4.78, 5) is 11.3. The zero-order valence-electron chi connectivity index (χ0n) is 8.22. The van der Waals surface area contributed by atoms with Crippen LogP contribution in [0.25, 0.3) is 0 Å². The number of rotatable bonds is 1. The molecule has 0 bridgehead atoms. The molecule has 1 saturated heterocycles. The zero-order chi connectivity index (χ0) is 10.3. The number of ether oxygens (including phenoxy) is 1. The van der Waals surface area contributed by atoms with Crippen LogP contribution < -0.4 is 0 Å². The molecule has 80 valence electrons. The van der Waals surface area contributed by atoms with Gasteiger partial charge < -0.3 is 14.9 Å². The largest absolute Gasteiger partial charge is 0.465 e. The van der Waals surface area contributed by atoms with Crippen LogP contribution in [0.15, 0.2) is 0 Å². The summed E-state index contributed by atoms with van der Waals surface area (Å²) in [6.45, 7) is 2.17. The molecule has 4 heteroatoms. The molecule has 14 heavy (non-hydrogen) atoms. The SMILES string of the molecule is C[C@@H]1C(=O)OC[C@@H]2[C@H](CO)[C@H](O)C[C@@H]21. The summed E-state index contributed by atoms with van der Waals surface area (Å²) < 4.78 is 5.02. The third kappa shape index (κ3) is 1.33. The predicted octanol–water partition coefficient (Wildman–Crippen LogP) is -0.215. The molecule has 1 saturated carbocycles. The fourth-order valence-corrected chi connectivity index (χ4v) is 2.80. The van der Waals surface area contributed by atoms with Crippen molar-refractivity contribution in [3.63, 3.8) is 0 Å². The van der Waals surface area contributed by atoms with Crippen molar-refractivity contribution in [1.82, 2.24) is 0 Å². The Hall–Kier alpha value is -0.610. The summed E-state index contributed by atoms with van der Waals surface area (Å²) in [7, 11) is 0. The van der Waals surface area contributed by atoms with Gasteiger partial charge in [-0.2, -0.15) is 0 Å². The van der Waals surface area contributed by atoms with Crippen LogP contribution >= 0.6 is 0 Å². The fraction of sp³-hybridized carbons (Fsp3) is 0.900. The maximum Gasteiger partial charge on any atom is 0.308 e. The van der Waals surface area contributed by atoms with Gasteiger partial charge in [-0.05, 0) is 12.3 Å². The van der Waals surface area contributed by atoms with E-state index < -0.39 is 6.10 Å². The van der Waals surface area contributed by atoms with E-state index in [4.69, 9.17) is 9.84 Å². The molecular weight excluding hydrogens is 184 g/mol. The summed E-state index contributed by atoms with van der Waals surface area (Å²) in [5, 5.41) is 18.8. The van der Waals surface area contributed by atoms with Gasteiger partial charge in [0.25, 0.3) is 0 Å². The maximum absolute atomic E-state index is 11.3. The minimum absolute atomic E-state index is 0.0212. The molecule has 2 N–H and O–H groups in total. The van der Waals surface area contributed by atoms with Gasteiger partial charge in [0, 0.05) is 18.4 Å². The van der Waals surface area contributed by atoms with Gasteiger partial charge in [0.05, 0.1) is 18.6 Å². The number of cyclic esters (lactones) is 1. The molecule has 1 heterocycles. The topological polar surface area (TPSA) is 66.8 Å². The summed E-state index contributed by atoms with van der Waals surface area (Å²) in [5.74, 6) is -0.0985. The van der Waals surface area contributed by atoms with E-state index in [-0.39, 0.29) is 36.2 Å². The molecule has 2 fully saturated rings. The van der Waals surface area contributed by atoms with Crippen molar-refractivity contribution >= 4 is 5.97 Å². The van der Waals surface area contributed by atoms with Crippen molar-refractivity contribution in [2.75, 3.05) is 13.2 Å². The van der Waals surface area contributed by atoms with E-state index in [0.717, 1.165) is 0 Å². The maximum atomic E-state index is 11.3. The Morgan fingerprint density at radius 2 is 2.21 bits per heavy atom. The van der Waals surface area contributed by atoms with E-state index in [2.05, 4.69) is 0 Å². The second kappa shape index (κ2) is 3.51. The normalized spacial score (nSPS) is 47.4. The highest BCUT2D eigenvalue weighted by atomic mass is 16.5. The van der Waals surface area contributed by atoms with Gasteiger partial charge in [-0.15, -0.1) is 0 Å². The standard InChI is InChI=1S/C10H16O4/c1-5-6-2-9(12)7(3-11)8(6)4-14-10(5)13/h5-9,11-12H,2-4H2,1H3/t5-,6+,7-,8-,9+/m0/s1. The number of carbonyl (C=O) groups is 1. The average Bonchev–Trinajstić information content (AvgIpc) is 2.49. The molecule has 0 unspecified atom stereocenters. The first-order valence-corrected chi connectivity index (χ1v) is 5.10. The summed E-state index contributed by atoms with van der Waals surface area (Å²) >= 11 is 0. The number of hydrogen-bond donors (Lipinski definition) is 2. The molecule has 2 aliphatic rings. The van der Waals surface area contributed by atoms with Crippen molar-refractivity contribution in [3.8, 4) is 0 Å². The molecule has 0 radical (unpaired) electrons. The van der Waals surface area contributed by atoms with Crippen molar-refractivity contribution in [2.45, 2.75) is 19.4 Å². The lowest BCUT2D eigenvalue weighted by Crippen LogP contribution is -2.38. The Kier molecular flexibility index (Phi) is 2.49. The first-order valence-electron chi connectivity index (χ1n) is 5.10. The van der Waals surface area contributed by atoms with Crippen molar-refractivity contribution in [1.29, 1.82) is 0 Å². The first-order chi connectivity index (χ1) is 6.65. The smallest absolute Gasteiger partial charge is 0.308 e. The van der Waals surface area contributed by atoms with Crippen molar-refractivity contribution in [3.05, 3.63) is 0 Å². The second-order valence-electron chi connectivity index (χ2n) is 4.40. The summed E-state index contributed by atoms with van der Waals surface area (Å²) in [5.41, 5.74) is 0. The summed E-state index contributed by atoms with van der Waals surface area (Å²) in [6, 6.07) is 0. The first kappa shape index (κ1) is 9.93. The third-order valence-corrected chi connectivity index (χ3v) is 3.75. The lowest BCUT2D eigenvalue weighted by atomic mass is 9.80. The van der Waals surface area contributed by atoms with Gasteiger partial charge >= 0.3 is 5.97 Å². The Bertz CT molecular complexity index is 240. The van der Waals surface area contributed by atoms with Gasteiger partial charge in [-0.1, -0.05) is 6.92 Å². The molecule has 5 atom stereocenters. The molecule has 0 aromatic rings. The van der Waals surface area contributed by atoms with Gasteiger partial charge in [-0.3, -0.25) is 4.79 Å². The Labute approximate surface area is 82.9 Å². The van der Waals surface area contributed by atoms with Gasteiger partial charge in [0.2, 0.25) is 0 Å². The highest BCUT2D eigenvalue weighted by molar-refractivity contribution is 5.73. The molecule has 0 spiro atoms. The number of hydrogen-bond acceptors (Lipinski definition) is 4. The van der Waals surface area contributed by atoms with Crippen molar-refractivity contribution in [2.24, 2.45) is 23.7 Å². The van der Waals surface area contributed by atoms with E-state index in [1.54, 1.807) is 0 Å². The lowest BCUT2D eigenvalue weighted by molar-refractivity contribution is -0.160. The monoisotopic (exact) mass is 200 g/mol. The highest BCUT2D eigenvalue weighted by Crippen LogP contribution is 2.44. The lowest BCUT2D eigenvalue weighted by Gasteiger charge is -2.32. The quantitative estimate of drug-likeness (QED) is 0.574. The van der Waals surface area contributed by atoms with E-state index in [9.17, 15) is 9.90 Å². The van der Waals surface area contributed by atoms with Crippen LogP contribution in [0.2, 0.25) is 0 Å². The Balaban J connectivity index is 2.16. The molecule has 4 nitrogen and oxygen atoms in total. The highest BCUT2D eigenvalue weighted by Gasteiger charge is 2.49. The van der Waals surface area contributed by atoms with Crippen LogP contribution in [-0.4, -0.2) is 35.5 Å². The van der Waals surface area contributed by atoms with Gasteiger partial charge in [0.1, 0.15) is 0 Å². The van der Waals surface area contributed by atoms with E-state index >= 15 is 0 Å². The summed E-state index contributed by atoms with van der Waals surface area (Å²) in [6.07, 6.45) is 0.138. The molecule has 1 aliphatic heterocycles. The zero-order valence-corrected chi connectivity index (χ0v) is 8.22. The number of esters is 1.